The summed E-state index contributed by atoms with van der Waals surface area (Å²) in [6, 6.07) is 0. The van der Waals surface area contributed by atoms with Crippen molar-refractivity contribution in [2.45, 2.75) is 26.2 Å². The van der Waals surface area contributed by atoms with Gasteiger partial charge >= 0.3 is 0 Å². The average molecular weight is 150 g/mol. The van der Waals surface area contributed by atoms with E-state index in [0.717, 1.165) is 11.8 Å². The summed E-state index contributed by atoms with van der Waals surface area (Å²) in [5.74, 6) is 1.86. The molecular weight excluding hydrogens is 136 g/mol. The van der Waals surface area contributed by atoms with Crippen LogP contribution in [0.15, 0.2) is 12.4 Å². The van der Waals surface area contributed by atoms with Crippen molar-refractivity contribution in [2.24, 2.45) is 11.8 Å². The van der Waals surface area contributed by atoms with Crippen molar-refractivity contribution in [2.75, 3.05) is 0 Å². The summed E-state index contributed by atoms with van der Waals surface area (Å²) in [5, 5.41) is 6.77. The lowest BCUT2D eigenvalue weighted by Crippen LogP contribution is -2.00. The maximum atomic E-state index is 3.93. The Morgan fingerprint density at radius 3 is 3.09 bits per heavy atom. The van der Waals surface area contributed by atoms with Crippen molar-refractivity contribution in [3.63, 3.8) is 0 Å². The molecule has 0 amide bonds. The van der Waals surface area contributed by atoms with Gasteiger partial charge in [-0.3, -0.25) is 5.10 Å². The number of aromatic amines is 1. The van der Waals surface area contributed by atoms with Gasteiger partial charge in [0.2, 0.25) is 0 Å². The molecule has 11 heavy (non-hydrogen) atoms. The van der Waals surface area contributed by atoms with Crippen LogP contribution in [0.4, 0.5) is 0 Å². The molecule has 1 saturated carbocycles. The highest BCUT2D eigenvalue weighted by molar-refractivity contribution is 5.04. The summed E-state index contributed by atoms with van der Waals surface area (Å²) >= 11 is 0. The lowest BCUT2D eigenvalue weighted by atomic mass is 9.99. The SMILES string of the molecule is CC(Cc1cn[nH]c1)C1CC1. The fraction of sp³-hybridized carbons (Fsp3) is 0.667. The minimum absolute atomic E-state index is 0.854. The third kappa shape index (κ3) is 1.62. The molecule has 0 aromatic carbocycles. The van der Waals surface area contributed by atoms with Gasteiger partial charge in [0.1, 0.15) is 0 Å². The van der Waals surface area contributed by atoms with Crippen LogP contribution in [-0.2, 0) is 6.42 Å². The van der Waals surface area contributed by atoms with Gasteiger partial charge in [-0.25, -0.2) is 0 Å². The average Bonchev–Trinajstić information content (AvgIpc) is 2.73. The van der Waals surface area contributed by atoms with Crippen molar-refractivity contribution in [3.8, 4) is 0 Å². The van der Waals surface area contributed by atoms with E-state index in [-0.39, 0.29) is 0 Å². The molecule has 1 aromatic rings. The molecule has 1 unspecified atom stereocenters. The van der Waals surface area contributed by atoms with Crippen LogP contribution < -0.4 is 0 Å². The highest BCUT2D eigenvalue weighted by Gasteiger charge is 2.27. The Morgan fingerprint density at radius 2 is 2.55 bits per heavy atom. The molecule has 0 bridgehead atoms. The molecule has 1 aromatic heterocycles. The fourth-order valence-corrected chi connectivity index (χ4v) is 1.59. The van der Waals surface area contributed by atoms with Gasteiger partial charge in [0.15, 0.2) is 0 Å². The van der Waals surface area contributed by atoms with Crippen LogP contribution in [0, 0.1) is 11.8 Å². The predicted octanol–water partition coefficient (Wildman–Crippen LogP) is 2.00. The second kappa shape index (κ2) is 2.68. The van der Waals surface area contributed by atoms with E-state index >= 15 is 0 Å². The zero-order valence-corrected chi connectivity index (χ0v) is 6.88. The highest BCUT2D eigenvalue weighted by atomic mass is 15.1. The molecule has 1 aliphatic rings. The maximum Gasteiger partial charge on any atom is 0.0519 e. The van der Waals surface area contributed by atoms with Crippen molar-refractivity contribution in [3.05, 3.63) is 18.0 Å². The van der Waals surface area contributed by atoms with E-state index in [1.54, 1.807) is 0 Å². The Hall–Kier alpha value is -0.790. The molecule has 0 spiro atoms. The molecule has 60 valence electrons. The van der Waals surface area contributed by atoms with E-state index in [4.69, 9.17) is 0 Å². The lowest BCUT2D eigenvalue weighted by Gasteiger charge is -2.06. The summed E-state index contributed by atoms with van der Waals surface area (Å²) in [6.45, 7) is 2.34. The first kappa shape index (κ1) is 6.89. The van der Waals surface area contributed by atoms with Crippen LogP contribution in [0.2, 0.25) is 0 Å². The van der Waals surface area contributed by atoms with Crippen LogP contribution >= 0.6 is 0 Å². The molecule has 0 aliphatic heterocycles. The molecule has 1 heterocycles. The first-order valence-electron chi connectivity index (χ1n) is 4.34. The van der Waals surface area contributed by atoms with E-state index in [9.17, 15) is 0 Å². The van der Waals surface area contributed by atoms with Crippen LogP contribution in [0.3, 0.4) is 0 Å². The van der Waals surface area contributed by atoms with Gasteiger partial charge in [-0.05, 0) is 36.7 Å². The largest absolute Gasteiger partial charge is 0.285 e. The number of H-pyrrole nitrogens is 1. The zero-order chi connectivity index (χ0) is 7.68. The van der Waals surface area contributed by atoms with E-state index in [1.165, 1.54) is 24.8 Å². The predicted molar refractivity (Wildman–Crippen MR) is 44.2 cm³/mol. The molecule has 2 nitrogen and oxygen atoms in total. The Kier molecular flexibility index (Phi) is 1.68. The molecule has 1 N–H and O–H groups in total. The minimum atomic E-state index is 0.854. The minimum Gasteiger partial charge on any atom is -0.285 e. The molecular formula is C9H14N2. The summed E-state index contributed by atoms with van der Waals surface area (Å²) < 4.78 is 0. The number of nitrogens with zero attached hydrogens (tertiary/aromatic N) is 1. The standard InChI is InChI=1S/C9H14N2/c1-7(9-2-3-9)4-8-5-10-11-6-8/h5-7,9H,2-4H2,1H3,(H,10,11). The van der Waals surface area contributed by atoms with Gasteiger partial charge in [-0.15, -0.1) is 0 Å². The van der Waals surface area contributed by atoms with Crippen LogP contribution in [-0.4, -0.2) is 10.2 Å². The number of nitrogens with one attached hydrogen (secondary N) is 1. The van der Waals surface area contributed by atoms with Gasteiger partial charge in [0, 0.05) is 6.20 Å². The van der Waals surface area contributed by atoms with Gasteiger partial charge in [-0.1, -0.05) is 6.92 Å². The zero-order valence-electron chi connectivity index (χ0n) is 6.88. The quantitative estimate of drug-likeness (QED) is 0.701. The van der Waals surface area contributed by atoms with Gasteiger partial charge in [-0.2, -0.15) is 5.10 Å². The first-order valence-corrected chi connectivity index (χ1v) is 4.34. The molecule has 1 aliphatic carbocycles. The number of aromatic nitrogens is 2. The number of hydrogen-bond donors (Lipinski definition) is 1. The number of rotatable bonds is 3. The monoisotopic (exact) mass is 150 g/mol. The van der Waals surface area contributed by atoms with E-state index in [0.29, 0.717) is 0 Å². The first-order chi connectivity index (χ1) is 5.36. The van der Waals surface area contributed by atoms with Gasteiger partial charge in [0.25, 0.3) is 0 Å². The highest BCUT2D eigenvalue weighted by Crippen LogP contribution is 2.37. The Bertz CT molecular complexity index is 211. The smallest absolute Gasteiger partial charge is 0.0519 e. The van der Waals surface area contributed by atoms with Crippen molar-refractivity contribution < 1.29 is 0 Å². The van der Waals surface area contributed by atoms with Crippen LogP contribution in [0.1, 0.15) is 25.3 Å². The third-order valence-corrected chi connectivity index (χ3v) is 2.54. The molecule has 0 saturated heterocycles. The molecule has 0 radical (unpaired) electrons. The summed E-state index contributed by atoms with van der Waals surface area (Å²) in [7, 11) is 0. The Morgan fingerprint density at radius 1 is 1.73 bits per heavy atom. The van der Waals surface area contributed by atoms with Crippen LogP contribution in [0.5, 0.6) is 0 Å². The third-order valence-electron chi connectivity index (χ3n) is 2.54. The normalized spacial score (nSPS) is 20.1. The topological polar surface area (TPSA) is 28.7 Å². The van der Waals surface area contributed by atoms with Crippen molar-refractivity contribution >= 4 is 0 Å². The van der Waals surface area contributed by atoms with Gasteiger partial charge in [0.05, 0.1) is 6.20 Å². The van der Waals surface area contributed by atoms with Crippen molar-refractivity contribution in [1.29, 1.82) is 0 Å². The Labute approximate surface area is 67.0 Å². The second-order valence-electron chi connectivity index (χ2n) is 3.63. The summed E-state index contributed by atoms with van der Waals surface area (Å²) in [5.41, 5.74) is 1.35. The van der Waals surface area contributed by atoms with E-state index in [2.05, 4.69) is 17.1 Å². The van der Waals surface area contributed by atoms with Crippen molar-refractivity contribution in [1.82, 2.24) is 10.2 Å². The summed E-state index contributed by atoms with van der Waals surface area (Å²) in [4.78, 5) is 0. The fourth-order valence-electron chi connectivity index (χ4n) is 1.59. The van der Waals surface area contributed by atoms with Crippen LogP contribution in [0.25, 0.3) is 0 Å². The second-order valence-corrected chi connectivity index (χ2v) is 3.63. The Balaban J connectivity index is 1.89. The molecule has 1 fully saturated rings. The molecule has 2 heteroatoms. The molecule has 2 rings (SSSR count). The van der Waals surface area contributed by atoms with Gasteiger partial charge < -0.3 is 0 Å². The van der Waals surface area contributed by atoms with E-state index in [1.807, 2.05) is 12.4 Å². The van der Waals surface area contributed by atoms with E-state index < -0.39 is 0 Å². The summed E-state index contributed by atoms with van der Waals surface area (Å²) in [6.07, 6.45) is 8.01. The number of hydrogen-bond acceptors (Lipinski definition) is 1. The maximum absolute atomic E-state index is 3.93. The lowest BCUT2D eigenvalue weighted by molar-refractivity contribution is 0.507. The molecule has 1 atom stereocenters.